The van der Waals surface area contributed by atoms with E-state index < -0.39 is 11.3 Å². The van der Waals surface area contributed by atoms with E-state index >= 15 is 0 Å². The molecule has 1 fully saturated rings. The average Bonchev–Trinajstić information content (AvgIpc) is 3.10. The van der Waals surface area contributed by atoms with Gasteiger partial charge in [0.1, 0.15) is 5.52 Å². The fourth-order valence-electron chi connectivity index (χ4n) is 3.81. The van der Waals surface area contributed by atoms with Crippen LogP contribution in [0.5, 0.6) is 0 Å². The molecule has 5 rings (SSSR count). The molecule has 0 amide bonds. The lowest BCUT2D eigenvalue weighted by atomic mass is 9.85. The minimum atomic E-state index is -0.633. The number of nitrogens with zero attached hydrogens (tertiary/aromatic N) is 3. The third-order valence-electron chi connectivity index (χ3n) is 5.08. The van der Waals surface area contributed by atoms with Gasteiger partial charge in [0.2, 0.25) is 0 Å². The Morgan fingerprint density at radius 1 is 0.760 bits per heavy atom. The molecule has 4 heteroatoms. The molecule has 4 aromatic rings. The SMILES string of the molecule is CC1(n2nnc3ccccc32)OC1(c1ccccc1)c1ccccc1. The highest BCUT2D eigenvalue weighted by Gasteiger charge is 2.71. The van der Waals surface area contributed by atoms with Gasteiger partial charge in [0.05, 0.1) is 5.52 Å². The summed E-state index contributed by atoms with van der Waals surface area (Å²) in [5.74, 6) is 0. The third kappa shape index (κ3) is 1.86. The Bertz CT molecular complexity index is 1000. The number of epoxide rings is 1. The van der Waals surface area contributed by atoms with Crippen molar-refractivity contribution >= 4 is 11.0 Å². The summed E-state index contributed by atoms with van der Waals surface area (Å²) in [6.07, 6.45) is 0. The van der Waals surface area contributed by atoms with Gasteiger partial charge in [0, 0.05) is 0 Å². The van der Waals surface area contributed by atoms with Gasteiger partial charge in [0.15, 0.2) is 11.3 Å². The Hall–Kier alpha value is -2.98. The van der Waals surface area contributed by atoms with Crippen molar-refractivity contribution in [2.75, 3.05) is 0 Å². The molecule has 2 heterocycles. The van der Waals surface area contributed by atoms with Crippen LogP contribution in [0.4, 0.5) is 0 Å². The number of fused-ring (bicyclic) bond motifs is 1. The van der Waals surface area contributed by atoms with Gasteiger partial charge in [-0.05, 0) is 30.2 Å². The molecule has 3 aromatic carbocycles. The molecule has 1 saturated heterocycles. The van der Waals surface area contributed by atoms with Gasteiger partial charge in [-0.2, -0.15) is 0 Å². The molecule has 1 aliphatic heterocycles. The fourth-order valence-corrected chi connectivity index (χ4v) is 3.81. The Morgan fingerprint density at radius 2 is 1.32 bits per heavy atom. The molecule has 0 aliphatic carbocycles. The van der Waals surface area contributed by atoms with Crippen LogP contribution < -0.4 is 0 Å². The number of benzene rings is 3. The predicted molar refractivity (Wildman–Crippen MR) is 95.9 cm³/mol. The van der Waals surface area contributed by atoms with Gasteiger partial charge in [-0.25, -0.2) is 4.68 Å². The fraction of sp³-hybridized carbons (Fsp3) is 0.143. The van der Waals surface area contributed by atoms with Crippen LogP contribution in [0.1, 0.15) is 18.1 Å². The maximum Gasteiger partial charge on any atom is 0.199 e. The largest absolute Gasteiger partial charge is 0.329 e. The number of ether oxygens (including phenoxy) is 1. The summed E-state index contributed by atoms with van der Waals surface area (Å²) in [5, 5.41) is 8.73. The highest BCUT2D eigenvalue weighted by atomic mass is 16.7. The van der Waals surface area contributed by atoms with E-state index in [0.717, 1.165) is 22.2 Å². The van der Waals surface area contributed by atoms with Crippen LogP contribution in [0, 0.1) is 0 Å². The lowest BCUT2D eigenvalue weighted by molar-refractivity contribution is 0.221. The topological polar surface area (TPSA) is 43.2 Å². The lowest BCUT2D eigenvalue weighted by Gasteiger charge is -2.18. The van der Waals surface area contributed by atoms with Crippen molar-refractivity contribution in [3.63, 3.8) is 0 Å². The van der Waals surface area contributed by atoms with Crippen molar-refractivity contribution in [2.45, 2.75) is 18.2 Å². The molecule has 0 radical (unpaired) electrons. The van der Waals surface area contributed by atoms with E-state index in [4.69, 9.17) is 4.74 Å². The maximum absolute atomic E-state index is 6.48. The maximum atomic E-state index is 6.48. The third-order valence-corrected chi connectivity index (χ3v) is 5.08. The highest BCUT2D eigenvalue weighted by Crippen LogP contribution is 2.63. The molecule has 1 unspecified atom stereocenters. The number of hydrogen-bond acceptors (Lipinski definition) is 3. The predicted octanol–water partition coefficient (Wildman–Crippen LogP) is 4.08. The van der Waals surface area contributed by atoms with Crippen LogP contribution in [0.15, 0.2) is 84.9 Å². The van der Waals surface area contributed by atoms with Crippen LogP contribution >= 0.6 is 0 Å². The molecule has 25 heavy (non-hydrogen) atoms. The van der Waals surface area contributed by atoms with E-state index in [-0.39, 0.29) is 0 Å². The van der Waals surface area contributed by atoms with Crippen molar-refractivity contribution in [1.29, 1.82) is 0 Å². The number of para-hydroxylation sites is 1. The first-order valence-corrected chi connectivity index (χ1v) is 8.38. The summed E-state index contributed by atoms with van der Waals surface area (Å²) in [7, 11) is 0. The summed E-state index contributed by atoms with van der Waals surface area (Å²) in [6.45, 7) is 2.08. The zero-order valence-electron chi connectivity index (χ0n) is 13.8. The quantitative estimate of drug-likeness (QED) is 0.533. The minimum absolute atomic E-state index is 0.577. The number of hydrogen-bond donors (Lipinski definition) is 0. The first kappa shape index (κ1) is 14.4. The molecular formula is C21H17N3O. The molecule has 4 nitrogen and oxygen atoms in total. The Kier molecular flexibility index (Phi) is 2.88. The monoisotopic (exact) mass is 327 g/mol. The Labute approximate surface area is 145 Å². The number of rotatable bonds is 3. The molecular weight excluding hydrogens is 310 g/mol. The van der Waals surface area contributed by atoms with Crippen molar-refractivity contribution in [1.82, 2.24) is 15.0 Å². The summed E-state index contributed by atoms with van der Waals surface area (Å²) in [5.41, 5.74) is 2.86. The molecule has 1 aliphatic rings. The molecule has 0 bridgehead atoms. The van der Waals surface area contributed by atoms with Gasteiger partial charge >= 0.3 is 0 Å². The van der Waals surface area contributed by atoms with Crippen LogP contribution in [-0.2, 0) is 16.1 Å². The first-order valence-electron chi connectivity index (χ1n) is 8.38. The van der Waals surface area contributed by atoms with Gasteiger partial charge in [-0.1, -0.05) is 78.0 Å². The Balaban J connectivity index is 1.75. The molecule has 0 saturated carbocycles. The van der Waals surface area contributed by atoms with Crippen LogP contribution in [0.2, 0.25) is 0 Å². The van der Waals surface area contributed by atoms with Gasteiger partial charge in [-0.3, -0.25) is 0 Å². The zero-order chi connectivity index (χ0) is 16.9. The van der Waals surface area contributed by atoms with Crippen molar-refractivity contribution in [3.05, 3.63) is 96.1 Å². The summed E-state index contributed by atoms with van der Waals surface area (Å²) >= 11 is 0. The molecule has 0 N–H and O–H groups in total. The molecule has 122 valence electrons. The van der Waals surface area contributed by atoms with E-state index in [0.29, 0.717) is 0 Å². The number of aromatic nitrogens is 3. The second kappa shape index (κ2) is 5.01. The van der Waals surface area contributed by atoms with Gasteiger partial charge in [-0.15, -0.1) is 5.10 Å². The summed E-state index contributed by atoms with van der Waals surface area (Å²) < 4.78 is 8.38. The van der Waals surface area contributed by atoms with E-state index in [1.165, 1.54) is 0 Å². The molecule has 1 aromatic heterocycles. The molecule has 1 atom stereocenters. The van der Waals surface area contributed by atoms with E-state index in [9.17, 15) is 0 Å². The summed E-state index contributed by atoms with van der Waals surface area (Å²) in [6, 6.07) is 28.6. The highest BCUT2D eigenvalue weighted by molar-refractivity contribution is 5.74. The van der Waals surface area contributed by atoms with Gasteiger partial charge < -0.3 is 4.74 Å². The second-order valence-corrected chi connectivity index (χ2v) is 6.49. The smallest absolute Gasteiger partial charge is 0.199 e. The standard InChI is InChI=1S/C21H17N3O/c1-20(24-19-15-9-8-14-18(19)22-23-24)21(25-20,16-10-4-2-5-11-16)17-12-6-3-7-13-17/h2-15H,1H3. The summed E-state index contributed by atoms with van der Waals surface area (Å²) in [4.78, 5) is 0. The van der Waals surface area contributed by atoms with Crippen molar-refractivity contribution in [3.8, 4) is 0 Å². The normalized spacial score (nSPS) is 21.3. The first-order chi connectivity index (χ1) is 12.3. The van der Waals surface area contributed by atoms with E-state index in [2.05, 4.69) is 41.5 Å². The average molecular weight is 327 g/mol. The Morgan fingerprint density at radius 3 is 1.96 bits per heavy atom. The van der Waals surface area contributed by atoms with Gasteiger partial charge in [0.25, 0.3) is 0 Å². The zero-order valence-corrected chi connectivity index (χ0v) is 13.8. The minimum Gasteiger partial charge on any atom is -0.329 e. The second-order valence-electron chi connectivity index (χ2n) is 6.49. The van der Waals surface area contributed by atoms with Crippen molar-refractivity contribution < 1.29 is 4.74 Å². The van der Waals surface area contributed by atoms with Crippen LogP contribution in [-0.4, -0.2) is 15.0 Å². The van der Waals surface area contributed by atoms with Crippen LogP contribution in [0.3, 0.4) is 0 Å². The van der Waals surface area contributed by atoms with Crippen LogP contribution in [0.25, 0.3) is 11.0 Å². The van der Waals surface area contributed by atoms with Crippen molar-refractivity contribution in [2.24, 2.45) is 0 Å². The lowest BCUT2D eigenvalue weighted by Crippen LogP contribution is -2.27. The van der Waals surface area contributed by atoms with E-state index in [1.54, 1.807) is 0 Å². The molecule has 0 spiro atoms. The van der Waals surface area contributed by atoms with E-state index in [1.807, 2.05) is 65.3 Å².